The van der Waals surface area contributed by atoms with Gasteiger partial charge in [-0.1, -0.05) is 24.3 Å². The van der Waals surface area contributed by atoms with Gasteiger partial charge in [0.05, 0.1) is 6.10 Å². The van der Waals surface area contributed by atoms with Crippen molar-refractivity contribution in [1.82, 2.24) is 4.98 Å². The van der Waals surface area contributed by atoms with Gasteiger partial charge in [0.2, 0.25) is 0 Å². The topological polar surface area (TPSA) is 48.1 Å². The third-order valence-electron chi connectivity index (χ3n) is 3.64. The van der Waals surface area contributed by atoms with Gasteiger partial charge in [-0.25, -0.2) is 0 Å². The van der Waals surface area contributed by atoms with Crippen LogP contribution >= 0.6 is 0 Å². The molecule has 1 atom stereocenters. The summed E-state index contributed by atoms with van der Waals surface area (Å²) in [4.78, 5) is 4.22. The SMILES string of the molecule is NC[C@@H]1OCCCc2c(-c3cccnc3)cccc21. The van der Waals surface area contributed by atoms with E-state index in [9.17, 15) is 0 Å². The van der Waals surface area contributed by atoms with Crippen molar-refractivity contribution in [3.05, 3.63) is 53.9 Å². The fourth-order valence-corrected chi connectivity index (χ4v) is 2.74. The molecule has 0 saturated heterocycles. The Morgan fingerprint density at radius 1 is 1.26 bits per heavy atom. The second-order valence-corrected chi connectivity index (χ2v) is 4.81. The fraction of sp³-hybridized carbons (Fsp3) is 0.312. The normalized spacial score (nSPS) is 18.7. The lowest BCUT2D eigenvalue weighted by Gasteiger charge is -2.18. The van der Waals surface area contributed by atoms with Crippen molar-refractivity contribution < 1.29 is 4.74 Å². The van der Waals surface area contributed by atoms with Gasteiger partial charge in [0, 0.05) is 31.1 Å². The van der Waals surface area contributed by atoms with E-state index in [0.717, 1.165) is 25.0 Å². The second-order valence-electron chi connectivity index (χ2n) is 4.81. The van der Waals surface area contributed by atoms with Crippen LogP contribution in [0.3, 0.4) is 0 Å². The van der Waals surface area contributed by atoms with Gasteiger partial charge in [-0.15, -0.1) is 0 Å². The van der Waals surface area contributed by atoms with Gasteiger partial charge in [0.15, 0.2) is 0 Å². The Morgan fingerprint density at radius 3 is 3.00 bits per heavy atom. The molecule has 1 aliphatic heterocycles. The summed E-state index contributed by atoms with van der Waals surface area (Å²) >= 11 is 0. The monoisotopic (exact) mass is 254 g/mol. The molecule has 2 aromatic rings. The van der Waals surface area contributed by atoms with E-state index < -0.39 is 0 Å². The van der Waals surface area contributed by atoms with Gasteiger partial charge >= 0.3 is 0 Å². The highest BCUT2D eigenvalue weighted by Crippen LogP contribution is 2.33. The molecule has 0 aliphatic carbocycles. The quantitative estimate of drug-likeness (QED) is 0.896. The van der Waals surface area contributed by atoms with Crippen molar-refractivity contribution in [1.29, 1.82) is 0 Å². The summed E-state index contributed by atoms with van der Waals surface area (Å²) < 4.78 is 5.83. The van der Waals surface area contributed by atoms with E-state index >= 15 is 0 Å². The Balaban J connectivity index is 2.12. The molecule has 1 aliphatic rings. The highest BCUT2D eigenvalue weighted by molar-refractivity contribution is 5.68. The lowest BCUT2D eigenvalue weighted by atomic mass is 9.91. The summed E-state index contributed by atoms with van der Waals surface area (Å²) in [5.74, 6) is 0. The number of hydrogen-bond acceptors (Lipinski definition) is 3. The molecule has 0 spiro atoms. The highest BCUT2D eigenvalue weighted by atomic mass is 16.5. The minimum atomic E-state index is 0.0223. The molecule has 3 heteroatoms. The summed E-state index contributed by atoms with van der Waals surface area (Å²) in [7, 11) is 0. The number of pyridine rings is 1. The standard InChI is InChI=1S/C16H18N2O/c17-10-16-15-6-1-5-13(12-4-2-8-18-11-12)14(15)7-3-9-19-16/h1-2,4-6,8,11,16H,3,7,9-10,17H2/t16-/m0/s1. The van der Waals surface area contributed by atoms with E-state index in [4.69, 9.17) is 10.5 Å². The minimum Gasteiger partial charge on any atom is -0.372 e. The first-order valence-corrected chi connectivity index (χ1v) is 6.74. The summed E-state index contributed by atoms with van der Waals surface area (Å²) in [6, 6.07) is 10.5. The van der Waals surface area contributed by atoms with E-state index in [1.165, 1.54) is 16.7 Å². The van der Waals surface area contributed by atoms with Gasteiger partial charge in [-0.3, -0.25) is 4.98 Å². The summed E-state index contributed by atoms with van der Waals surface area (Å²) in [5, 5.41) is 0. The van der Waals surface area contributed by atoms with Crippen LogP contribution in [0.2, 0.25) is 0 Å². The smallest absolute Gasteiger partial charge is 0.0949 e. The van der Waals surface area contributed by atoms with Crippen LogP contribution in [-0.2, 0) is 11.2 Å². The van der Waals surface area contributed by atoms with E-state index in [-0.39, 0.29) is 6.10 Å². The van der Waals surface area contributed by atoms with Gasteiger partial charge < -0.3 is 10.5 Å². The fourth-order valence-electron chi connectivity index (χ4n) is 2.74. The highest BCUT2D eigenvalue weighted by Gasteiger charge is 2.20. The average molecular weight is 254 g/mol. The van der Waals surface area contributed by atoms with Crippen LogP contribution in [0.1, 0.15) is 23.7 Å². The number of ether oxygens (including phenoxy) is 1. The van der Waals surface area contributed by atoms with E-state index in [1.807, 2.05) is 12.3 Å². The number of fused-ring (bicyclic) bond motifs is 1. The van der Waals surface area contributed by atoms with Gasteiger partial charge in [-0.05, 0) is 35.6 Å². The van der Waals surface area contributed by atoms with Crippen LogP contribution in [0.5, 0.6) is 0 Å². The molecule has 1 aromatic heterocycles. The maximum atomic E-state index is 5.84. The molecular weight excluding hydrogens is 236 g/mol. The predicted octanol–water partition coefficient (Wildman–Crippen LogP) is 2.71. The van der Waals surface area contributed by atoms with Crippen molar-refractivity contribution in [2.75, 3.05) is 13.2 Å². The molecule has 19 heavy (non-hydrogen) atoms. The lowest BCUT2D eigenvalue weighted by molar-refractivity contribution is 0.0627. The lowest BCUT2D eigenvalue weighted by Crippen LogP contribution is -2.16. The molecular formula is C16H18N2O. The number of nitrogens with two attached hydrogens (primary N) is 1. The van der Waals surface area contributed by atoms with Crippen molar-refractivity contribution in [3.63, 3.8) is 0 Å². The molecule has 1 aromatic carbocycles. The molecule has 0 fully saturated rings. The van der Waals surface area contributed by atoms with E-state index in [2.05, 4.69) is 29.2 Å². The molecule has 0 radical (unpaired) electrons. The Bertz CT molecular complexity index is 554. The van der Waals surface area contributed by atoms with Gasteiger partial charge in [-0.2, -0.15) is 0 Å². The Hall–Kier alpha value is -1.71. The molecule has 0 saturated carbocycles. The summed E-state index contributed by atoms with van der Waals surface area (Å²) in [5.41, 5.74) is 10.9. The van der Waals surface area contributed by atoms with Gasteiger partial charge in [0.1, 0.15) is 0 Å². The predicted molar refractivity (Wildman–Crippen MR) is 75.7 cm³/mol. The van der Waals surface area contributed by atoms with Crippen LogP contribution in [0, 0.1) is 0 Å². The number of aromatic nitrogens is 1. The molecule has 0 bridgehead atoms. The van der Waals surface area contributed by atoms with Crippen LogP contribution < -0.4 is 5.73 Å². The van der Waals surface area contributed by atoms with Gasteiger partial charge in [0.25, 0.3) is 0 Å². The zero-order valence-electron chi connectivity index (χ0n) is 10.9. The van der Waals surface area contributed by atoms with Crippen LogP contribution in [-0.4, -0.2) is 18.1 Å². The largest absolute Gasteiger partial charge is 0.372 e. The van der Waals surface area contributed by atoms with Crippen molar-refractivity contribution in [2.45, 2.75) is 18.9 Å². The maximum absolute atomic E-state index is 5.84. The Labute approximate surface area is 113 Å². The number of benzene rings is 1. The maximum Gasteiger partial charge on any atom is 0.0949 e. The van der Waals surface area contributed by atoms with Crippen LogP contribution in [0.25, 0.3) is 11.1 Å². The Kier molecular flexibility index (Phi) is 3.58. The first kappa shape index (κ1) is 12.3. The molecule has 3 rings (SSSR count). The minimum absolute atomic E-state index is 0.0223. The molecule has 0 unspecified atom stereocenters. The van der Waals surface area contributed by atoms with E-state index in [1.54, 1.807) is 6.20 Å². The zero-order chi connectivity index (χ0) is 13.1. The number of rotatable bonds is 2. The van der Waals surface area contributed by atoms with Crippen LogP contribution in [0.15, 0.2) is 42.7 Å². The summed E-state index contributed by atoms with van der Waals surface area (Å²) in [6.07, 6.45) is 5.82. The second kappa shape index (κ2) is 5.51. The molecule has 98 valence electrons. The molecule has 0 amide bonds. The Morgan fingerprint density at radius 2 is 2.21 bits per heavy atom. The molecule has 2 heterocycles. The zero-order valence-corrected chi connectivity index (χ0v) is 10.9. The summed E-state index contributed by atoms with van der Waals surface area (Å²) in [6.45, 7) is 1.31. The third kappa shape index (κ3) is 2.39. The molecule has 3 nitrogen and oxygen atoms in total. The number of hydrogen-bond donors (Lipinski definition) is 1. The van der Waals surface area contributed by atoms with Crippen molar-refractivity contribution >= 4 is 0 Å². The van der Waals surface area contributed by atoms with E-state index in [0.29, 0.717) is 6.54 Å². The van der Waals surface area contributed by atoms with Crippen molar-refractivity contribution in [2.24, 2.45) is 5.73 Å². The third-order valence-corrected chi connectivity index (χ3v) is 3.64. The average Bonchev–Trinajstić information content (AvgIpc) is 2.69. The first-order valence-electron chi connectivity index (χ1n) is 6.74. The van der Waals surface area contributed by atoms with Crippen molar-refractivity contribution in [3.8, 4) is 11.1 Å². The van der Waals surface area contributed by atoms with Crippen LogP contribution in [0.4, 0.5) is 0 Å². The first-order chi connectivity index (χ1) is 9.40. The molecule has 2 N–H and O–H groups in total. The number of nitrogens with zero attached hydrogens (tertiary/aromatic N) is 1.